The highest BCUT2D eigenvalue weighted by Crippen LogP contribution is 2.36. The van der Waals surface area contributed by atoms with Gasteiger partial charge in [0.15, 0.2) is 5.17 Å². The number of amides is 1. The number of aromatic nitrogens is 1. The van der Waals surface area contributed by atoms with Crippen molar-refractivity contribution >= 4 is 68.7 Å². The van der Waals surface area contributed by atoms with Crippen LogP contribution in [0.1, 0.15) is 22.4 Å². The number of aryl methyl sites for hydroxylation is 1. The molecule has 0 saturated carbocycles. The molecule has 7 heteroatoms. The molecule has 1 aliphatic heterocycles. The number of halogens is 2. The number of benzene rings is 3. The molecule has 1 amide bonds. The zero-order chi connectivity index (χ0) is 24.7. The maximum Gasteiger partial charge on any atom is 0.266 e. The molecule has 0 atom stereocenters. The molecule has 35 heavy (non-hydrogen) atoms. The van der Waals surface area contributed by atoms with Gasteiger partial charge in [-0.05, 0) is 67.6 Å². The highest BCUT2D eigenvalue weighted by molar-refractivity contribution is 8.18. The third-order valence-corrected chi connectivity index (χ3v) is 7.94. The molecular formula is C28H23Cl2N3OS. The fourth-order valence-electron chi connectivity index (χ4n) is 4.18. The number of carbonyl (C=O) groups excluding carboxylic acids is 1. The van der Waals surface area contributed by atoms with Gasteiger partial charge >= 0.3 is 0 Å². The topological polar surface area (TPSA) is 37.6 Å². The average molecular weight is 520 g/mol. The fourth-order valence-corrected chi connectivity index (χ4v) is 5.47. The molecule has 3 aromatic carbocycles. The lowest BCUT2D eigenvalue weighted by Crippen LogP contribution is -2.23. The largest absolute Gasteiger partial charge is 0.340 e. The van der Waals surface area contributed by atoms with Gasteiger partial charge in [0.1, 0.15) is 0 Å². The Morgan fingerprint density at radius 3 is 2.46 bits per heavy atom. The number of likely N-dealkylation sites (N-methyl/N-ethyl adjacent to an activating group) is 1. The predicted molar refractivity (Wildman–Crippen MR) is 149 cm³/mol. The highest BCUT2D eigenvalue weighted by Gasteiger charge is 2.31. The minimum Gasteiger partial charge on any atom is -0.340 e. The van der Waals surface area contributed by atoms with Gasteiger partial charge < -0.3 is 4.57 Å². The van der Waals surface area contributed by atoms with Gasteiger partial charge in [0, 0.05) is 35.8 Å². The molecule has 2 heterocycles. The maximum absolute atomic E-state index is 13.1. The van der Waals surface area contributed by atoms with Gasteiger partial charge in [-0.3, -0.25) is 9.69 Å². The molecule has 176 valence electrons. The van der Waals surface area contributed by atoms with Crippen LogP contribution in [0.4, 0.5) is 5.69 Å². The second-order valence-corrected chi connectivity index (χ2v) is 10.4. The Bertz CT molecular complexity index is 1520. The third-order valence-electron chi connectivity index (χ3n) is 6.14. The van der Waals surface area contributed by atoms with Crippen molar-refractivity contribution in [1.82, 2.24) is 9.47 Å². The molecule has 4 nitrogen and oxygen atoms in total. The summed E-state index contributed by atoms with van der Waals surface area (Å²) in [4.78, 5) is 20.1. The minimum absolute atomic E-state index is 0.0541. The van der Waals surface area contributed by atoms with Crippen molar-refractivity contribution in [1.29, 1.82) is 0 Å². The number of rotatable bonds is 4. The number of nitrogens with zero attached hydrogens (tertiary/aromatic N) is 3. The summed E-state index contributed by atoms with van der Waals surface area (Å²) in [6, 6.07) is 21.9. The first kappa shape index (κ1) is 23.7. The number of fused-ring (bicyclic) bond motifs is 1. The Balaban J connectivity index is 1.54. The van der Waals surface area contributed by atoms with Gasteiger partial charge in [0.2, 0.25) is 0 Å². The van der Waals surface area contributed by atoms with Crippen molar-refractivity contribution in [3.8, 4) is 0 Å². The summed E-state index contributed by atoms with van der Waals surface area (Å²) < 4.78 is 2.25. The first-order valence-electron chi connectivity index (χ1n) is 11.2. The van der Waals surface area contributed by atoms with E-state index in [1.54, 1.807) is 11.9 Å². The van der Waals surface area contributed by atoms with Crippen LogP contribution in [0.2, 0.25) is 10.0 Å². The molecule has 1 saturated heterocycles. The quantitative estimate of drug-likeness (QED) is 0.257. The smallest absolute Gasteiger partial charge is 0.266 e. The normalized spacial score (nSPS) is 16.3. The van der Waals surface area contributed by atoms with E-state index in [1.165, 1.54) is 17.3 Å². The Kier molecular flexibility index (Phi) is 6.49. The summed E-state index contributed by atoms with van der Waals surface area (Å²) >= 11 is 13.8. The number of aliphatic imine (C=N–C) groups is 1. The number of hydrogen-bond donors (Lipinski definition) is 0. The predicted octanol–water partition coefficient (Wildman–Crippen LogP) is 7.85. The zero-order valence-corrected chi connectivity index (χ0v) is 21.9. The SMILES string of the molecule is Cc1ccc(N=C2S/C(=C/c3c(C)n(Cc4ccc(Cl)c(Cl)c4)c4ccccc34)C(=O)N2C)cc1. The van der Waals surface area contributed by atoms with Gasteiger partial charge in [0.25, 0.3) is 5.91 Å². The minimum atomic E-state index is -0.0541. The summed E-state index contributed by atoms with van der Waals surface area (Å²) in [5.74, 6) is -0.0541. The molecule has 0 N–H and O–H groups in total. The van der Waals surface area contributed by atoms with E-state index in [4.69, 9.17) is 28.2 Å². The summed E-state index contributed by atoms with van der Waals surface area (Å²) in [5.41, 5.74) is 6.26. The van der Waals surface area contributed by atoms with E-state index in [-0.39, 0.29) is 5.91 Å². The molecule has 1 fully saturated rings. The van der Waals surface area contributed by atoms with Crippen molar-refractivity contribution in [2.75, 3.05) is 7.05 Å². The summed E-state index contributed by atoms with van der Waals surface area (Å²) in [7, 11) is 1.77. The second kappa shape index (κ2) is 9.57. The molecule has 0 unspecified atom stereocenters. The van der Waals surface area contributed by atoms with Crippen LogP contribution in [0.3, 0.4) is 0 Å². The molecular weight excluding hydrogens is 497 g/mol. The monoisotopic (exact) mass is 519 g/mol. The lowest BCUT2D eigenvalue weighted by atomic mass is 10.1. The van der Waals surface area contributed by atoms with Crippen LogP contribution in [0.15, 0.2) is 76.6 Å². The average Bonchev–Trinajstić information content (AvgIpc) is 3.26. The standard InChI is InChI=1S/C28H23Cl2N3OS/c1-17-8-11-20(12-9-17)31-28-32(3)27(34)26(35-28)15-22-18(2)33(25-7-5-4-6-21(22)25)16-19-10-13-23(29)24(30)14-19/h4-15H,16H2,1-3H3/b26-15+,31-28?. The van der Waals surface area contributed by atoms with Crippen molar-refractivity contribution in [3.63, 3.8) is 0 Å². The van der Waals surface area contributed by atoms with Crippen molar-refractivity contribution < 1.29 is 4.79 Å². The Labute approximate surface area is 218 Å². The highest BCUT2D eigenvalue weighted by atomic mass is 35.5. The molecule has 5 rings (SSSR count). The van der Waals surface area contributed by atoms with Crippen LogP contribution in [0, 0.1) is 13.8 Å². The van der Waals surface area contributed by atoms with E-state index < -0.39 is 0 Å². The Hall–Kier alpha value is -2.99. The van der Waals surface area contributed by atoms with Crippen LogP contribution >= 0.6 is 35.0 Å². The summed E-state index contributed by atoms with van der Waals surface area (Å²) in [6.07, 6.45) is 1.99. The van der Waals surface area contributed by atoms with Crippen LogP contribution < -0.4 is 0 Å². The van der Waals surface area contributed by atoms with E-state index >= 15 is 0 Å². The van der Waals surface area contributed by atoms with Crippen molar-refractivity contribution in [2.45, 2.75) is 20.4 Å². The maximum atomic E-state index is 13.1. The van der Waals surface area contributed by atoms with Crippen LogP contribution in [-0.2, 0) is 11.3 Å². The lowest BCUT2D eigenvalue weighted by molar-refractivity contribution is -0.121. The lowest BCUT2D eigenvalue weighted by Gasteiger charge is -2.10. The zero-order valence-electron chi connectivity index (χ0n) is 19.5. The van der Waals surface area contributed by atoms with E-state index in [1.807, 2.05) is 67.6 Å². The summed E-state index contributed by atoms with van der Waals surface area (Å²) in [5, 5.41) is 2.84. The van der Waals surface area contributed by atoms with Crippen molar-refractivity contribution in [2.24, 2.45) is 4.99 Å². The summed E-state index contributed by atoms with van der Waals surface area (Å²) in [6.45, 7) is 4.77. The number of para-hydroxylation sites is 1. The van der Waals surface area contributed by atoms with Gasteiger partial charge in [-0.2, -0.15) is 0 Å². The number of thioether (sulfide) groups is 1. The van der Waals surface area contributed by atoms with E-state index in [0.717, 1.165) is 33.4 Å². The fraction of sp³-hybridized carbons (Fsp3) is 0.143. The number of amidine groups is 1. The van der Waals surface area contributed by atoms with Gasteiger partial charge in [0.05, 0.1) is 20.6 Å². The molecule has 0 bridgehead atoms. The first-order valence-corrected chi connectivity index (χ1v) is 12.7. The molecule has 0 aliphatic carbocycles. The second-order valence-electron chi connectivity index (χ2n) is 8.56. The third kappa shape index (κ3) is 4.64. The van der Waals surface area contributed by atoms with Gasteiger partial charge in [-0.1, -0.05) is 65.2 Å². The Morgan fingerprint density at radius 2 is 1.71 bits per heavy atom. The molecule has 4 aromatic rings. The number of carbonyl (C=O) groups is 1. The van der Waals surface area contributed by atoms with Gasteiger partial charge in [-0.25, -0.2) is 4.99 Å². The van der Waals surface area contributed by atoms with Gasteiger partial charge in [-0.15, -0.1) is 0 Å². The van der Waals surface area contributed by atoms with E-state index in [2.05, 4.69) is 23.6 Å². The number of hydrogen-bond acceptors (Lipinski definition) is 3. The van der Waals surface area contributed by atoms with E-state index in [9.17, 15) is 4.79 Å². The van der Waals surface area contributed by atoms with E-state index in [0.29, 0.717) is 26.7 Å². The Morgan fingerprint density at radius 1 is 0.971 bits per heavy atom. The van der Waals surface area contributed by atoms with Crippen LogP contribution in [0.25, 0.3) is 17.0 Å². The van der Waals surface area contributed by atoms with Crippen molar-refractivity contribution in [3.05, 3.63) is 104 Å². The van der Waals surface area contributed by atoms with Crippen LogP contribution in [0.5, 0.6) is 0 Å². The molecule has 1 aliphatic rings. The molecule has 0 radical (unpaired) electrons. The molecule has 1 aromatic heterocycles. The van der Waals surface area contributed by atoms with Crippen LogP contribution in [-0.4, -0.2) is 27.6 Å². The first-order chi connectivity index (χ1) is 16.8. The molecule has 0 spiro atoms.